The second kappa shape index (κ2) is 17.2. The van der Waals surface area contributed by atoms with Gasteiger partial charge in [0.15, 0.2) is 11.5 Å². The Labute approximate surface area is 189 Å². The summed E-state index contributed by atoms with van der Waals surface area (Å²) >= 11 is 0. The van der Waals surface area contributed by atoms with Crippen LogP contribution >= 0.6 is 24.8 Å². The van der Waals surface area contributed by atoms with Crippen LogP contribution < -0.4 is 32.4 Å². The maximum atomic E-state index is 5.99. The Bertz CT molecular complexity index is 670. The SMILES string of the molecule is CCCCOc1c(/C=N/N=C(N)N)ccc(/C=N/N=C(N)N)c1OCCCC.Cl.Cl. The number of unbranched alkanes of at least 4 members (excludes halogenated alkanes) is 2. The average Bonchev–Trinajstić information content (AvgIpc) is 2.64. The van der Waals surface area contributed by atoms with E-state index in [2.05, 4.69) is 34.3 Å². The second-order valence-electron chi connectivity index (χ2n) is 5.85. The molecular weight excluding hydrogens is 431 g/mol. The topological polar surface area (TPSA) is 172 Å². The Hall–Kier alpha value is -2.72. The molecule has 1 aromatic carbocycles. The van der Waals surface area contributed by atoms with Gasteiger partial charge in [-0.3, -0.25) is 0 Å². The summed E-state index contributed by atoms with van der Waals surface area (Å²) in [6.45, 7) is 5.22. The van der Waals surface area contributed by atoms with Crippen molar-refractivity contribution in [1.29, 1.82) is 0 Å². The molecule has 0 fully saturated rings. The minimum absolute atomic E-state index is 0. The molecule has 0 aromatic heterocycles. The molecule has 0 bridgehead atoms. The number of nitrogens with zero attached hydrogens (tertiary/aromatic N) is 4. The predicted molar refractivity (Wildman–Crippen MR) is 129 cm³/mol. The zero-order valence-electron chi connectivity index (χ0n) is 17.3. The number of guanidine groups is 2. The molecule has 170 valence electrons. The number of rotatable bonds is 12. The Balaban J connectivity index is 0. The van der Waals surface area contributed by atoms with Gasteiger partial charge in [-0.2, -0.15) is 10.2 Å². The zero-order valence-corrected chi connectivity index (χ0v) is 18.9. The predicted octanol–water partition coefficient (Wildman–Crippen LogP) is 2.10. The Morgan fingerprint density at radius 3 is 1.43 bits per heavy atom. The summed E-state index contributed by atoms with van der Waals surface area (Å²) in [4.78, 5) is 0. The van der Waals surface area contributed by atoms with Crippen molar-refractivity contribution in [1.82, 2.24) is 0 Å². The van der Waals surface area contributed by atoms with Gasteiger partial charge >= 0.3 is 0 Å². The van der Waals surface area contributed by atoms with Crippen molar-refractivity contribution in [3.05, 3.63) is 23.3 Å². The van der Waals surface area contributed by atoms with Crippen molar-refractivity contribution >= 4 is 49.2 Å². The number of benzene rings is 1. The third-order valence-corrected chi connectivity index (χ3v) is 3.40. The first-order chi connectivity index (χ1) is 13.5. The van der Waals surface area contributed by atoms with Crippen molar-refractivity contribution < 1.29 is 9.47 Å². The highest BCUT2D eigenvalue weighted by Crippen LogP contribution is 2.34. The van der Waals surface area contributed by atoms with Gasteiger partial charge in [0.1, 0.15) is 0 Å². The van der Waals surface area contributed by atoms with Crippen molar-refractivity contribution in [2.45, 2.75) is 39.5 Å². The lowest BCUT2D eigenvalue weighted by Gasteiger charge is -2.17. The molecule has 30 heavy (non-hydrogen) atoms. The summed E-state index contributed by atoms with van der Waals surface area (Å²) in [6, 6.07) is 3.60. The van der Waals surface area contributed by atoms with Crippen LogP contribution in [0.4, 0.5) is 0 Å². The Morgan fingerprint density at radius 1 is 0.767 bits per heavy atom. The van der Waals surface area contributed by atoms with Crippen molar-refractivity contribution in [2.24, 2.45) is 43.3 Å². The third-order valence-electron chi connectivity index (χ3n) is 3.40. The average molecular weight is 463 g/mol. The van der Waals surface area contributed by atoms with Crippen LogP contribution in [0.3, 0.4) is 0 Å². The van der Waals surface area contributed by atoms with Gasteiger partial charge in [0.2, 0.25) is 11.9 Å². The lowest BCUT2D eigenvalue weighted by molar-refractivity contribution is 0.261. The molecule has 0 spiro atoms. The van der Waals surface area contributed by atoms with Crippen LogP contribution in [-0.4, -0.2) is 37.6 Å². The minimum Gasteiger partial charge on any atom is -0.489 e. The summed E-state index contributed by atoms with van der Waals surface area (Å²) in [5.74, 6) is 0.802. The minimum atomic E-state index is -0.134. The second-order valence-corrected chi connectivity index (χ2v) is 5.85. The van der Waals surface area contributed by atoms with Crippen LogP contribution in [0.2, 0.25) is 0 Å². The fourth-order valence-corrected chi connectivity index (χ4v) is 2.05. The van der Waals surface area contributed by atoms with Crippen LogP contribution in [0.1, 0.15) is 50.7 Å². The van der Waals surface area contributed by atoms with E-state index in [9.17, 15) is 0 Å². The fourth-order valence-electron chi connectivity index (χ4n) is 2.05. The normalized spacial score (nSPS) is 10.2. The van der Waals surface area contributed by atoms with E-state index in [0.29, 0.717) is 35.8 Å². The largest absolute Gasteiger partial charge is 0.489 e. The highest BCUT2D eigenvalue weighted by atomic mass is 35.5. The highest BCUT2D eigenvalue weighted by Gasteiger charge is 2.15. The number of nitrogens with two attached hydrogens (primary N) is 4. The lowest BCUT2D eigenvalue weighted by atomic mass is 10.1. The van der Waals surface area contributed by atoms with E-state index in [1.54, 1.807) is 12.1 Å². The van der Waals surface area contributed by atoms with E-state index in [4.69, 9.17) is 32.4 Å². The molecule has 12 heteroatoms. The molecule has 0 aliphatic heterocycles. The molecular formula is C18H32Cl2N8O2. The molecule has 0 aliphatic rings. The molecule has 0 atom stereocenters. The third kappa shape index (κ3) is 11.3. The quantitative estimate of drug-likeness (QED) is 0.160. The highest BCUT2D eigenvalue weighted by molar-refractivity contribution is 5.92. The lowest BCUT2D eigenvalue weighted by Crippen LogP contribution is -2.21. The number of halogens is 2. The summed E-state index contributed by atoms with van der Waals surface area (Å²) in [6.07, 6.45) is 6.79. The number of hydrogen-bond donors (Lipinski definition) is 4. The van der Waals surface area contributed by atoms with E-state index in [0.717, 1.165) is 25.7 Å². The molecule has 10 nitrogen and oxygen atoms in total. The Morgan fingerprint density at radius 2 is 1.13 bits per heavy atom. The van der Waals surface area contributed by atoms with Crippen molar-refractivity contribution in [2.75, 3.05) is 13.2 Å². The molecule has 0 heterocycles. The molecule has 1 aromatic rings. The van der Waals surface area contributed by atoms with Crippen LogP contribution in [0.5, 0.6) is 11.5 Å². The Kier molecular flexibility index (Phi) is 16.9. The van der Waals surface area contributed by atoms with E-state index < -0.39 is 0 Å². The number of hydrogen-bond acceptors (Lipinski definition) is 6. The standard InChI is InChI=1S/C18H30N8O2.2ClH/c1-3-5-9-27-15-13(11-23-25-17(19)20)7-8-14(12-24-26-18(21)22)16(15)28-10-6-4-2;;/h7-8,11-12H,3-6,9-10H2,1-2H3,(H4,19,20,25)(H4,21,22,26);2*1H/b23-11+,24-12+;;. The first-order valence-corrected chi connectivity index (χ1v) is 9.16. The molecule has 0 amide bonds. The van der Waals surface area contributed by atoms with E-state index >= 15 is 0 Å². The van der Waals surface area contributed by atoms with Gasteiger partial charge in [-0.15, -0.1) is 35.0 Å². The fraction of sp³-hybridized carbons (Fsp3) is 0.444. The molecule has 0 unspecified atom stereocenters. The first-order valence-electron chi connectivity index (χ1n) is 9.16. The van der Waals surface area contributed by atoms with Crippen molar-refractivity contribution in [3.63, 3.8) is 0 Å². The zero-order chi connectivity index (χ0) is 20.8. The summed E-state index contributed by atoms with van der Waals surface area (Å²) in [5, 5.41) is 15.0. The van der Waals surface area contributed by atoms with Crippen LogP contribution in [0.25, 0.3) is 0 Å². The van der Waals surface area contributed by atoms with E-state index in [1.807, 2.05) is 0 Å². The van der Waals surface area contributed by atoms with E-state index in [-0.39, 0.29) is 36.7 Å². The molecule has 8 N–H and O–H groups in total. The summed E-state index contributed by atoms with van der Waals surface area (Å²) < 4.78 is 12.0. The van der Waals surface area contributed by atoms with Gasteiger partial charge in [-0.05, 0) is 25.0 Å². The maximum absolute atomic E-state index is 5.99. The summed E-state index contributed by atoms with van der Waals surface area (Å²) in [7, 11) is 0. The molecule has 0 saturated carbocycles. The van der Waals surface area contributed by atoms with E-state index in [1.165, 1.54) is 12.4 Å². The first kappa shape index (κ1) is 29.5. The summed E-state index contributed by atoms with van der Waals surface area (Å²) in [5.41, 5.74) is 22.6. The van der Waals surface area contributed by atoms with Gasteiger partial charge in [-0.1, -0.05) is 26.7 Å². The van der Waals surface area contributed by atoms with Crippen molar-refractivity contribution in [3.8, 4) is 11.5 Å². The molecule has 0 aliphatic carbocycles. The molecule has 1 rings (SSSR count). The van der Waals surface area contributed by atoms with Crippen LogP contribution in [-0.2, 0) is 0 Å². The molecule has 0 radical (unpaired) electrons. The van der Waals surface area contributed by atoms with Gasteiger partial charge in [0, 0.05) is 11.1 Å². The smallest absolute Gasteiger partial charge is 0.211 e. The van der Waals surface area contributed by atoms with Gasteiger partial charge in [-0.25, -0.2) is 0 Å². The van der Waals surface area contributed by atoms with Crippen LogP contribution in [0, 0.1) is 0 Å². The maximum Gasteiger partial charge on any atom is 0.211 e. The van der Waals surface area contributed by atoms with Gasteiger partial charge in [0.05, 0.1) is 25.6 Å². The van der Waals surface area contributed by atoms with Gasteiger partial charge in [0.25, 0.3) is 0 Å². The number of ether oxygens (including phenoxy) is 2. The van der Waals surface area contributed by atoms with Gasteiger partial charge < -0.3 is 32.4 Å². The molecule has 0 saturated heterocycles. The monoisotopic (exact) mass is 462 g/mol. The van der Waals surface area contributed by atoms with Crippen LogP contribution in [0.15, 0.2) is 32.5 Å².